The summed E-state index contributed by atoms with van der Waals surface area (Å²) >= 11 is 0. The molecule has 0 saturated carbocycles. The third kappa shape index (κ3) is 2.31. The zero-order valence-corrected chi connectivity index (χ0v) is 12.1. The second kappa shape index (κ2) is 4.63. The number of aromatic nitrogens is 2. The summed E-state index contributed by atoms with van der Waals surface area (Å²) in [6, 6.07) is 10.0. The Bertz CT molecular complexity index is 626. The predicted molar refractivity (Wildman–Crippen MR) is 77.9 cm³/mol. The third-order valence-corrected chi connectivity index (χ3v) is 3.53. The standard InChI is InChI=1S/C16H20N2O2/c1-16(2,3)15-8-13-12-6-4-5-7-14(12)20-10-11(19)9-18(13)17-15/h4-8,11,19H,9-10H2,1-3H3. The molecule has 2 aromatic rings. The Hall–Kier alpha value is -1.81. The smallest absolute Gasteiger partial charge is 0.128 e. The summed E-state index contributed by atoms with van der Waals surface area (Å²) in [5, 5.41) is 14.7. The van der Waals surface area contributed by atoms with Crippen molar-refractivity contribution in [1.82, 2.24) is 9.78 Å². The summed E-state index contributed by atoms with van der Waals surface area (Å²) in [5.41, 5.74) is 3.04. The molecule has 4 nitrogen and oxygen atoms in total. The van der Waals surface area contributed by atoms with E-state index in [-0.39, 0.29) is 5.41 Å². The highest BCUT2D eigenvalue weighted by molar-refractivity contribution is 5.68. The molecule has 0 fully saturated rings. The normalized spacial score (nSPS) is 18.5. The molecule has 3 rings (SSSR count). The van der Waals surface area contributed by atoms with E-state index in [9.17, 15) is 5.11 Å². The summed E-state index contributed by atoms with van der Waals surface area (Å²) in [7, 11) is 0. The molecular formula is C16H20N2O2. The number of hydrogen-bond donors (Lipinski definition) is 1. The Morgan fingerprint density at radius 2 is 2.05 bits per heavy atom. The van der Waals surface area contributed by atoms with Gasteiger partial charge in [-0.1, -0.05) is 32.9 Å². The number of para-hydroxylation sites is 1. The monoisotopic (exact) mass is 272 g/mol. The molecule has 1 aliphatic heterocycles. The van der Waals surface area contributed by atoms with E-state index < -0.39 is 6.10 Å². The first-order chi connectivity index (χ1) is 9.45. The highest BCUT2D eigenvalue weighted by atomic mass is 16.5. The van der Waals surface area contributed by atoms with Crippen LogP contribution in [0.5, 0.6) is 5.75 Å². The fraction of sp³-hybridized carbons (Fsp3) is 0.438. The number of aliphatic hydroxyl groups excluding tert-OH is 1. The highest BCUT2D eigenvalue weighted by Gasteiger charge is 2.24. The third-order valence-electron chi connectivity index (χ3n) is 3.53. The average molecular weight is 272 g/mol. The van der Waals surface area contributed by atoms with Gasteiger partial charge in [0.2, 0.25) is 0 Å². The molecule has 4 heteroatoms. The largest absolute Gasteiger partial charge is 0.490 e. The van der Waals surface area contributed by atoms with Crippen molar-refractivity contribution in [3.63, 3.8) is 0 Å². The van der Waals surface area contributed by atoms with Crippen LogP contribution in [-0.4, -0.2) is 27.6 Å². The van der Waals surface area contributed by atoms with Gasteiger partial charge in [-0.2, -0.15) is 5.10 Å². The maximum absolute atomic E-state index is 10.0. The van der Waals surface area contributed by atoms with Gasteiger partial charge in [0.15, 0.2) is 0 Å². The van der Waals surface area contributed by atoms with Gasteiger partial charge in [-0.3, -0.25) is 4.68 Å². The first kappa shape index (κ1) is 13.2. The molecule has 1 N–H and O–H groups in total. The molecule has 0 bridgehead atoms. The van der Waals surface area contributed by atoms with Crippen LogP contribution in [0.3, 0.4) is 0 Å². The van der Waals surface area contributed by atoms with Crippen LogP contribution in [0.25, 0.3) is 11.3 Å². The fourth-order valence-electron chi connectivity index (χ4n) is 2.38. The van der Waals surface area contributed by atoms with Crippen molar-refractivity contribution in [1.29, 1.82) is 0 Å². The molecule has 0 radical (unpaired) electrons. The highest BCUT2D eigenvalue weighted by Crippen LogP contribution is 2.34. The molecule has 20 heavy (non-hydrogen) atoms. The number of rotatable bonds is 0. The molecule has 0 aliphatic carbocycles. The topological polar surface area (TPSA) is 47.3 Å². The molecular weight excluding hydrogens is 252 g/mol. The van der Waals surface area contributed by atoms with Crippen molar-refractivity contribution in [2.24, 2.45) is 0 Å². The predicted octanol–water partition coefficient (Wildman–Crippen LogP) is 2.60. The van der Waals surface area contributed by atoms with Gasteiger partial charge in [0.25, 0.3) is 0 Å². The van der Waals surface area contributed by atoms with Crippen molar-refractivity contribution in [3.8, 4) is 17.0 Å². The number of nitrogens with zero attached hydrogens (tertiary/aromatic N) is 2. The minimum atomic E-state index is -0.546. The second-order valence-electron chi connectivity index (χ2n) is 6.31. The minimum Gasteiger partial charge on any atom is -0.490 e. The molecule has 106 valence electrons. The average Bonchev–Trinajstić information content (AvgIpc) is 2.78. The van der Waals surface area contributed by atoms with Gasteiger partial charge < -0.3 is 9.84 Å². The van der Waals surface area contributed by atoms with E-state index in [1.807, 2.05) is 28.9 Å². The van der Waals surface area contributed by atoms with Gasteiger partial charge in [0.05, 0.1) is 17.9 Å². The molecule has 0 spiro atoms. The van der Waals surface area contributed by atoms with Crippen LogP contribution in [0.4, 0.5) is 0 Å². The van der Waals surface area contributed by atoms with E-state index in [1.54, 1.807) is 0 Å². The maximum atomic E-state index is 10.0. The van der Waals surface area contributed by atoms with E-state index in [0.29, 0.717) is 13.2 Å². The van der Waals surface area contributed by atoms with Crippen molar-refractivity contribution in [3.05, 3.63) is 36.0 Å². The first-order valence-corrected chi connectivity index (χ1v) is 6.94. The van der Waals surface area contributed by atoms with Gasteiger partial charge >= 0.3 is 0 Å². The Morgan fingerprint density at radius 3 is 2.80 bits per heavy atom. The van der Waals surface area contributed by atoms with Crippen LogP contribution in [0.2, 0.25) is 0 Å². The van der Waals surface area contributed by atoms with Crippen LogP contribution >= 0.6 is 0 Å². The lowest BCUT2D eigenvalue weighted by atomic mass is 9.92. The zero-order valence-electron chi connectivity index (χ0n) is 12.1. The number of fused-ring (bicyclic) bond motifs is 3. The summed E-state index contributed by atoms with van der Waals surface area (Å²) in [5.74, 6) is 0.799. The molecule has 1 aliphatic rings. The Morgan fingerprint density at radius 1 is 1.30 bits per heavy atom. The molecule has 0 amide bonds. The van der Waals surface area contributed by atoms with Crippen molar-refractivity contribution >= 4 is 0 Å². The van der Waals surface area contributed by atoms with E-state index in [2.05, 4.69) is 31.9 Å². The Labute approximate surface area is 119 Å². The van der Waals surface area contributed by atoms with Crippen molar-refractivity contribution < 1.29 is 9.84 Å². The first-order valence-electron chi connectivity index (χ1n) is 6.94. The van der Waals surface area contributed by atoms with Gasteiger partial charge in [-0.15, -0.1) is 0 Å². The summed E-state index contributed by atoms with van der Waals surface area (Å²) < 4.78 is 7.60. The molecule has 1 atom stereocenters. The number of benzene rings is 1. The lowest BCUT2D eigenvalue weighted by molar-refractivity contribution is 0.0876. The minimum absolute atomic E-state index is 0.0190. The Balaban J connectivity index is 2.18. The SMILES string of the molecule is CC(C)(C)c1cc2n(n1)CC(O)COc1ccccc1-2. The second-order valence-corrected chi connectivity index (χ2v) is 6.31. The molecule has 1 unspecified atom stereocenters. The number of aliphatic hydroxyl groups is 1. The lowest BCUT2D eigenvalue weighted by Gasteiger charge is -2.20. The lowest BCUT2D eigenvalue weighted by Crippen LogP contribution is -2.26. The summed E-state index contributed by atoms with van der Waals surface area (Å²) in [6.07, 6.45) is -0.546. The van der Waals surface area contributed by atoms with Crippen LogP contribution in [0.1, 0.15) is 26.5 Å². The quantitative estimate of drug-likeness (QED) is 0.802. The molecule has 2 heterocycles. The van der Waals surface area contributed by atoms with Crippen LogP contribution in [-0.2, 0) is 12.0 Å². The summed E-state index contributed by atoms with van der Waals surface area (Å²) in [6.45, 7) is 7.17. The van der Waals surface area contributed by atoms with E-state index in [1.165, 1.54) is 0 Å². The van der Waals surface area contributed by atoms with Gasteiger partial charge in [0, 0.05) is 11.0 Å². The van der Waals surface area contributed by atoms with E-state index in [0.717, 1.165) is 22.7 Å². The van der Waals surface area contributed by atoms with Crippen LogP contribution in [0.15, 0.2) is 30.3 Å². The van der Waals surface area contributed by atoms with Crippen LogP contribution in [0, 0.1) is 0 Å². The van der Waals surface area contributed by atoms with E-state index >= 15 is 0 Å². The Kier molecular flexibility index (Phi) is 3.05. The maximum Gasteiger partial charge on any atom is 0.128 e. The molecule has 1 aromatic heterocycles. The number of hydrogen-bond acceptors (Lipinski definition) is 3. The number of ether oxygens (including phenoxy) is 1. The molecule has 1 aromatic carbocycles. The van der Waals surface area contributed by atoms with Crippen molar-refractivity contribution in [2.75, 3.05) is 6.61 Å². The fourth-order valence-corrected chi connectivity index (χ4v) is 2.38. The van der Waals surface area contributed by atoms with Crippen molar-refractivity contribution in [2.45, 2.75) is 38.8 Å². The molecule has 0 saturated heterocycles. The van der Waals surface area contributed by atoms with Gasteiger partial charge in [0.1, 0.15) is 18.5 Å². The summed E-state index contributed by atoms with van der Waals surface area (Å²) in [4.78, 5) is 0. The van der Waals surface area contributed by atoms with Crippen LogP contribution < -0.4 is 4.74 Å². The van der Waals surface area contributed by atoms with E-state index in [4.69, 9.17) is 4.74 Å². The van der Waals surface area contributed by atoms with Gasteiger partial charge in [-0.05, 0) is 18.2 Å². The van der Waals surface area contributed by atoms with Gasteiger partial charge in [-0.25, -0.2) is 0 Å². The zero-order chi connectivity index (χ0) is 14.3.